The van der Waals surface area contributed by atoms with E-state index < -0.39 is 0 Å². The van der Waals surface area contributed by atoms with Gasteiger partial charge in [-0.05, 0) is 18.2 Å². The maximum atomic E-state index is 5.30. The average Bonchev–Trinajstić information content (AvgIpc) is 2.27. The lowest BCUT2D eigenvalue weighted by Crippen LogP contribution is -1.99. The summed E-state index contributed by atoms with van der Waals surface area (Å²) < 4.78 is 10.4. The zero-order chi connectivity index (χ0) is 11.1. The number of nitrogens with two attached hydrogens (primary N) is 1. The van der Waals surface area contributed by atoms with Crippen LogP contribution in [-0.4, -0.2) is 19.9 Å². The molecule has 0 unspecified atom stereocenters. The Morgan fingerprint density at radius 1 is 1.60 bits per heavy atom. The molecule has 2 N–H and O–H groups in total. The fraction of sp³-hybridized carbons (Fsp3) is 0.182. The lowest BCUT2D eigenvalue weighted by Gasteiger charge is -2.07. The Hall–Kier alpha value is -2.15. The van der Waals surface area contributed by atoms with E-state index in [0.717, 1.165) is 5.56 Å². The van der Waals surface area contributed by atoms with Gasteiger partial charge < -0.3 is 15.3 Å². The largest absolute Gasteiger partial charge is 0.497 e. The number of hydrogen-bond donors (Lipinski definition) is 1. The minimum Gasteiger partial charge on any atom is -0.497 e. The van der Waals surface area contributed by atoms with Crippen LogP contribution in [-0.2, 0) is 0 Å². The van der Waals surface area contributed by atoms with Gasteiger partial charge in [-0.25, -0.2) is 0 Å². The second-order valence-corrected chi connectivity index (χ2v) is 2.67. The van der Waals surface area contributed by atoms with Crippen molar-refractivity contribution >= 4 is 6.21 Å². The van der Waals surface area contributed by atoms with E-state index in [1.165, 1.54) is 6.21 Å². The molecule has 0 heterocycles. The summed E-state index contributed by atoms with van der Waals surface area (Å²) in [5.74, 6) is 8.80. The highest BCUT2D eigenvalue weighted by atomic mass is 16.5. The van der Waals surface area contributed by atoms with Gasteiger partial charge in [0.2, 0.25) is 0 Å². The molecule has 0 saturated carbocycles. The molecule has 1 aromatic rings. The lowest BCUT2D eigenvalue weighted by atomic mass is 10.2. The van der Waals surface area contributed by atoms with Gasteiger partial charge in [0.25, 0.3) is 0 Å². The minimum atomic E-state index is 0.206. The topological polar surface area (TPSA) is 56.8 Å². The van der Waals surface area contributed by atoms with Crippen molar-refractivity contribution in [2.45, 2.75) is 0 Å². The van der Waals surface area contributed by atoms with Gasteiger partial charge >= 0.3 is 0 Å². The number of rotatable bonds is 4. The first kappa shape index (κ1) is 10.9. The third-order valence-corrected chi connectivity index (χ3v) is 1.74. The second kappa shape index (κ2) is 5.55. The molecule has 0 aliphatic rings. The Labute approximate surface area is 88.7 Å². The maximum Gasteiger partial charge on any atom is 0.148 e. The van der Waals surface area contributed by atoms with Crippen molar-refractivity contribution in [1.29, 1.82) is 0 Å². The number of benzene rings is 1. The van der Waals surface area contributed by atoms with Gasteiger partial charge in [-0.3, -0.25) is 0 Å². The summed E-state index contributed by atoms with van der Waals surface area (Å²) in [5.41, 5.74) is 0.729. The summed E-state index contributed by atoms with van der Waals surface area (Å²) >= 11 is 0. The summed E-state index contributed by atoms with van der Waals surface area (Å²) in [4.78, 5) is 0. The fourth-order valence-electron chi connectivity index (χ4n) is 1.09. The molecule has 0 fully saturated rings. The normalized spacial score (nSPS) is 9.87. The third kappa shape index (κ3) is 2.92. The molecule has 0 aliphatic heterocycles. The van der Waals surface area contributed by atoms with Crippen LogP contribution < -0.4 is 15.3 Å². The van der Waals surface area contributed by atoms with Crippen molar-refractivity contribution in [3.05, 3.63) is 23.8 Å². The number of ether oxygens (including phenoxy) is 2. The van der Waals surface area contributed by atoms with Crippen LogP contribution in [0.25, 0.3) is 0 Å². The van der Waals surface area contributed by atoms with Crippen molar-refractivity contribution in [3.63, 3.8) is 0 Å². The van der Waals surface area contributed by atoms with Crippen molar-refractivity contribution in [1.82, 2.24) is 0 Å². The molecule has 0 atom stereocenters. The summed E-state index contributed by atoms with van der Waals surface area (Å²) in [6.07, 6.45) is 6.58. The smallest absolute Gasteiger partial charge is 0.148 e. The van der Waals surface area contributed by atoms with Crippen molar-refractivity contribution in [2.24, 2.45) is 10.9 Å². The van der Waals surface area contributed by atoms with Crippen LogP contribution in [0.2, 0.25) is 0 Å². The predicted octanol–water partition coefficient (Wildman–Crippen LogP) is 1.000. The molecule has 4 heteroatoms. The van der Waals surface area contributed by atoms with Gasteiger partial charge in [0.1, 0.15) is 18.1 Å². The Kier molecular flexibility index (Phi) is 4.05. The molecule has 4 nitrogen and oxygen atoms in total. The van der Waals surface area contributed by atoms with Crippen LogP contribution in [0.3, 0.4) is 0 Å². The molecule has 15 heavy (non-hydrogen) atoms. The van der Waals surface area contributed by atoms with Crippen molar-refractivity contribution in [2.75, 3.05) is 13.7 Å². The molecule has 0 saturated heterocycles. The zero-order valence-corrected chi connectivity index (χ0v) is 8.43. The monoisotopic (exact) mass is 204 g/mol. The lowest BCUT2D eigenvalue weighted by molar-refractivity contribution is 0.367. The fourth-order valence-corrected chi connectivity index (χ4v) is 1.09. The van der Waals surface area contributed by atoms with Crippen LogP contribution in [0, 0.1) is 12.3 Å². The molecule has 0 aromatic heterocycles. The molecule has 0 aliphatic carbocycles. The van der Waals surface area contributed by atoms with Gasteiger partial charge in [0, 0.05) is 5.56 Å². The zero-order valence-electron chi connectivity index (χ0n) is 8.43. The van der Waals surface area contributed by atoms with Crippen LogP contribution in [0.1, 0.15) is 5.56 Å². The molecule has 1 rings (SSSR count). The van der Waals surface area contributed by atoms with E-state index in [1.54, 1.807) is 25.3 Å². The highest BCUT2D eigenvalue weighted by Gasteiger charge is 2.03. The van der Waals surface area contributed by atoms with E-state index in [1.807, 2.05) is 0 Å². The van der Waals surface area contributed by atoms with Crippen LogP contribution in [0.4, 0.5) is 0 Å². The van der Waals surface area contributed by atoms with E-state index >= 15 is 0 Å². The molecule has 0 bridgehead atoms. The molecule has 0 radical (unpaired) electrons. The van der Waals surface area contributed by atoms with Gasteiger partial charge in [0.05, 0.1) is 13.3 Å². The van der Waals surface area contributed by atoms with Crippen molar-refractivity contribution < 1.29 is 9.47 Å². The molecule has 1 aromatic carbocycles. The standard InChI is InChI=1S/C11H12N2O2/c1-3-6-15-11-5-4-10(14-2)7-9(11)8-13-12/h1,4-5,7-8H,6,12H2,2H3. The van der Waals surface area contributed by atoms with Crippen molar-refractivity contribution in [3.8, 4) is 23.8 Å². The second-order valence-electron chi connectivity index (χ2n) is 2.67. The molecular weight excluding hydrogens is 192 g/mol. The summed E-state index contributed by atoms with van der Waals surface area (Å²) in [6, 6.07) is 5.30. The summed E-state index contributed by atoms with van der Waals surface area (Å²) in [5, 5.41) is 3.44. The molecule has 78 valence electrons. The van der Waals surface area contributed by atoms with E-state index in [9.17, 15) is 0 Å². The number of hydrogen-bond acceptors (Lipinski definition) is 4. The first-order valence-electron chi connectivity index (χ1n) is 4.29. The quantitative estimate of drug-likeness (QED) is 0.344. The molecular formula is C11H12N2O2. The first-order chi connectivity index (χ1) is 7.31. The molecule has 0 spiro atoms. The van der Waals surface area contributed by atoms with Crippen LogP contribution >= 0.6 is 0 Å². The Morgan fingerprint density at radius 3 is 3.00 bits per heavy atom. The summed E-state index contributed by atoms with van der Waals surface area (Å²) in [7, 11) is 1.58. The van der Waals surface area contributed by atoms with E-state index in [0.29, 0.717) is 11.5 Å². The number of nitrogens with zero attached hydrogens (tertiary/aromatic N) is 1. The number of terminal acetylenes is 1. The minimum absolute atomic E-state index is 0.206. The third-order valence-electron chi connectivity index (χ3n) is 1.74. The summed E-state index contributed by atoms with van der Waals surface area (Å²) in [6.45, 7) is 0.206. The number of hydrazone groups is 1. The van der Waals surface area contributed by atoms with Gasteiger partial charge in [-0.15, -0.1) is 6.42 Å². The highest BCUT2D eigenvalue weighted by Crippen LogP contribution is 2.22. The Bertz CT molecular complexity index is 394. The van der Waals surface area contributed by atoms with Gasteiger partial charge in [-0.2, -0.15) is 5.10 Å². The van der Waals surface area contributed by atoms with Gasteiger partial charge in [-0.1, -0.05) is 5.92 Å². The first-order valence-corrected chi connectivity index (χ1v) is 4.29. The number of methoxy groups -OCH3 is 1. The average molecular weight is 204 g/mol. The maximum absolute atomic E-state index is 5.30. The van der Waals surface area contributed by atoms with E-state index in [4.69, 9.17) is 21.7 Å². The predicted molar refractivity (Wildman–Crippen MR) is 59.1 cm³/mol. The molecule has 0 amide bonds. The van der Waals surface area contributed by atoms with Crippen LogP contribution in [0.15, 0.2) is 23.3 Å². The SMILES string of the molecule is C#CCOc1ccc(OC)cc1C=NN. The Morgan fingerprint density at radius 2 is 2.40 bits per heavy atom. The van der Waals surface area contributed by atoms with E-state index in [2.05, 4.69) is 11.0 Å². The Balaban J connectivity index is 2.99. The van der Waals surface area contributed by atoms with E-state index in [-0.39, 0.29) is 6.61 Å². The highest BCUT2D eigenvalue weighted by molar-refractivity contribution is 5.84. The van der Waals surface area contributed by atoms with Crippen LogP contribution in [0.5, 0.6) is 11.5 Å². The van der Waals surface area contributed by atoms with Gasteiger partial charge in [0.15, 0.2) is 0 Å².